The highest BCUT2D eigenvalue weighted by molar-refractivity contribution is 6.02. The Bertz CT molecular complexity index is 905. The summed E-state index contributed by atoms with van der Waals surface area (Å²) in [5.41, 5.74) is 2.61. The van der Waals surface area contributed by atoms with E-state index in [4.69, 9.17) is 14.2 Å². The van der Waals surface area contributed by atoms with Crippen molar-refractivity contribution in [1.82, 2.24) is 5.32 Å². The summed E-state index contributed by atoms with van der Waals surface area (Å²) in [6, 6.07) is 9.40. The molecule has 0 radical (unpaired) electrons. The highest BCUT2D eigenvalue weighted by Crippen LogP contribution is 2.32. The molecule has 2 N–H and O–H groups in total. The van der Waals surface area contributed by atoms with Crippen molar-refractivity contribution in [2.75, 3.05) is 25.1 Å². The molecule has 0 spiro atoms. The SMILES string of the molecule is Cc1cc(C)cc(C(=O)OCC(=O)NC(=O)Nc2ccc3c(c2)OCCO3)c1. The van der Waals surface area contributed by atoms with Crippen LogP contribution in [0.5, 0.6) is 11.5 Å². The summed E-state index contributed by atoms with van der Waals surface area (Å²) in [5, 5.41) is 4.61. The molecule has 0 saturated heterocycles. The number of ether oxygens (including phenoxy) is 3. The summed E-state index contributed by atoms with van der Waals surface area (Å²) in [6.45, 7) is 4.04. The van der Waals surface area contributed by atoms with E-state index in [0.717, 1.165) is 11.1 Å². The summed E-state index contributed by atoms with van der Waals surface area (Å²) < 4.78 is 15.8. The molecule has 0 bridgehead atoms. The van der Waals surface area contributed by atoms with Crippen molar-refractivity contribution in [2.24, 2.45) is 0 Å². The number of carbonyl (C=O) groups is 3. The van der Waals surface area contributed by atoms with Gasteiger partial charge < -0.3 is 19.5 Å². The number of benzene rings is 2. The summed E-state index contributed by atoms with van der Waals surface area (Å²) in [5.74, 6) is -0.272. The fourth-order valence-corrected chi connectivity index (χ4v) is 2.75. The van der Waals surface area contributed by atoms with Gasteiger partial charge in [0.15, 0.2) is 18.1 Å². The van der Waals surface area contributed by atoms with Crippen LogP contribution < -0.4 is 20.1 Å². The summed E-state index contributed by atoms with van der Waals surface area (Å²) >= 11 is 0. The summed E-state index contributed by atoms with van der Waals surface area (Å²) in [4.78, 5) is 35.8. The molecule has 3 rings (SSSR count). The van der Waals surface area contributed by atoms with Crippen LogP contribution in [0.2, 0.25) is 0 Å². The first-order chi connectivity index (χ1) is 13.4. The minimum absolute atomic E-state index is 0.353. The number of hydrogen-bond donors (Lipinski definition) is 2. The van der Waals surface area contributed by atoms with E-state index in [1.807, 2.05) is 19.9 Å². The highest BCUT2D eigenvalue weighted by atomic mass is 16.6. The van der Waals surface area contributed by atoms with E-state index in [9.17, 15) is 14.4 Å². The van der Waals surface area contributed by atoms with Crippen molar-refractivity contribution in [2.45, 2.75) is 13.8 Å². The molecular formula is C20H20N2O6. The van der Waals surface area contributed by atoms with Crippen LogP contribution in [0.4, 0.5) is 10.5 Å². The van der Waals surface area contributed by atoms with Gasteiger partial charge in [-0.15, -0.1) is 0 Å². The van der Waals surface area contributed by atoms with Crippen molar-refractivity contribution in [3.8, 4) is 11.5 Å². The highest BCUT2D eigenvalue weighted by Gasteiger charge is 2.15. The fourth-order valence-electron chi connectivity index (χ4n) is 2.75. The Labute approximate surface area is 161 Å². The number of amides is 3. The molecular weight excluding hydrogens is 364 g/mol. The number of anilines is 1. The second-order valence-corrected chi connectivity index (χ2v) is 6.31. The number of nitrogens with one attached hydrogen (secondary N) is 2. The summed E-state index contributed by atoms with van der Waals surface area (Å²) in [7, 11) is 0. The molecule has 1 aliphatic rings. The second kappa shape index (κ2) is 8.43. The van der Waals surface area contributed by atoms with Crippen LogP contribution >= 0.6 is 0 Å². The fraction of sp³-hybridized carbons (Fsp3) is 0.250. The molecule has 2 aromatic rings. The van der Waals surface area contributed by atoms with Gasteiger partial charge in [-0.05, 0) is 38.1 Å². The number of aryl methyl sites for hydroxylation is 2. The maximum absolute atomic E-state index is 12.0. The minimum atomic E-state index is -0.746. The Morgan fingerprint density at radius 3 is 2.36 bits per heavy atom. The summed E-state index contributed by atoms with van der Waals surface area (Å²) in [6.07, 6.45) is 0. The first-order valence-corrected chi connectivity index (χ1v) is 8.66. The largest absolute Gasteiger partial charge is 0.486 e. The van der Waals surface area contributed by atoms with E-state index in [-0.39, 0.29) is 0 Å². The van der Waals surface area contributed by atoms with Gasteiger partial charge in [-0.3, -0.25) is 10.1 Å². The van der Waals surface area contributed by atoms with Gasteiger partial charge in [-0.2, -0.15) is 0 Å². The molecule has 0 atom stereocenters. The first-order valence-electron chi connectivity index (χ1n) is 8.66. The van der Waals surface area contributed by atoms with E-state index in [1.165, 1.54) is 0 Å². The quantitative estimate of drug-likeness (QED) is 0.786. The average molecular weight is 384 g/mol. The molecule has 1 aliphatic heterocycles. The predicted molar refractivity (Wildman–Crippen MR) is 101 cm³/mol. The van der Waals surface area contributed by atoms with Gasteiger partial charge >= 0.3 is 12.0 Å². The van der Waals surface area contributed by atoms with E-state index in [2.05, 4.69) is 10.6 Å². The third-order valence-corrected chi connectivity index (χ3v) is 3.84. The van der Waals surface area contributed by atoms with E-state index >= 15 is 0 Å². The molecule has 0 saturated carbocycles. The lowest BCUT2D eigenvalue weighted by atomic mass is 10.1. The molecule has 0 unspecified atom stereocenters. The number of fused-ring (bicyclic) bond motifs is 1. The third-order valence-electron chi connectivity index (χ3n) is 3.84. The van der Waals surface area contributed by atoms with Crippen LogP contribution in [0.25, 0.3) is 0 Å². The van der Waals surface area contributed by atoms with Crippen molar-refractivity contribution in [3.05, 3.63) is 53.1 Å². The molecule has 3 amide bonds. The lowest BCUT2D eigenvalue weighted by Gasteiger charge is -2.19. The standard InChI is InChI=1S/C20H20N2O6/c1-12-7-13(2)9-14(8-12)19(24)28-11-18(23)22-20(25)21-15-3-4-16-17(10-15)27-6-5-26-16/h3-4,7-10H,5-6,11H2,1-2H3,(H2,21,22,23,25). The molecule has 146 valence electrons. The number of rotatable bonds is 4. The molecule has 28 heavy (non-hydrogen) atoms. The Morgan fingerprint density at radius 2 is 1.64 bits per heavy atom. The second-order valence-electron chi connectivity index (χ2n) is 6.31. The van der Waals surface area contributed by atoms with Crippen molar-refractivity contribution >= 4 is 23.6 Å². The minimum Gasteiger partial charge on any atom is -0.486 e. The van der Waals surface area contributed by atoms with E-state index < -0.39 is 24.5 Å². The molecule has 0 aliphatic carbocycles. The Morgan fingerprint density at radius 1 is 0.964 bits per heavy atom. The monoisotopic (exact) mass is 384 g/mol. The van der Waals surface area contributed by atoms with Gasteiger partial charge in [0, 0.05) is 11.8 Å². The molecule has 8 nitrogen and oxygen atoms in total. The average Bonchev–Trinajstić information content (AvgIpc) is 2.65. The molecule has 0 aromatic heterocycles. The van der Waals surface area contributed by atoms with Crippen molar-refractivity contribution in [1.29, 1.82) is 0 Å². The number of imide groups is 1. The van der Waals surface area contributed by atoms with Crippen LogP contribution in [0.15, 0.2) is 36.4 Å². The zero-order valence-corrected chi connectivity index (χ0v) is 15.5. The van der Waals surface area contributed by atoms with Crippen LogP contribution in [-0.2, 0) is 9.53 Å². The predicted octanol–water partition coefficient (Wildman–Crippen LogP) is 2.58. The van der Waals surface area contributed by atoms with Crippen LogP contribution in [0.3, 0.4) is 0 Å². The molecule has 2 aromatic carbocycles. The topological polar surface area (TPSA) is 103 Å². The van der Waals surface area contributed by atoms with Crippen LogP contribution in [0, 0.1) is 13.8 Å². The first kappa shape index (κ1) is 19.2. The maximum atomic E-state index is 12.0. The third kappa shape index (κ3) is 5.00. The maximum Gasteiger partial charge on any atom is 0.338 e. The number of hydrogen-bond acceptors (Lipinski definition) is 6. The van der Waals surface area contributed by atoms with Crippen LogP contribution in [0.1, 0.15) is 21.5 Å². The zero-order valence-electron chi connectivity index (χ0n) is 15.5. The molecule has 8 heteroatoms. The van der Waals surface area contributed by atoms with Gasteiger partial charge in [0.05, 0.1) is 5.56 Å². The number of carbonyl (C=O) groups excluding carboxylic acids is 3. The normalized spacial score (nSPS) is 12.1. The van der Waals surface area contributed by atoms with Crippen molar-refractivity contribution in [3.63, 3.8) is 0 Å². The Hall–Kier alpha value is -3.55. The lowest BCUT2D eigenvalue weighted by Crippen LogP contribution is -2.37. The van der Waals surface area contributed by atoms with E-state index in [1.54, 1.807) is 30.3 Å². The number of urea groups is 1. The number of esters is 1. The van der Waals surface area contributed by atoms with E-state index in [0.29, 0.717) is 36.0 Å². The lowest BCUT2D eigenvalue weighted by molar-refractivity contribution is -0.123. The van der Waals surface area contributed by atoms with Gasteiger partial charge in [0.1, 0.15) is 13.2 Å². The molecule has 1 heterocycles. The van der Waals surface area contributed by atoms with Crippen molar-refractivity contribution < 1.29 is 28.6 Å². The zero-order chi connectivity index (χ0) is 20.1. The smallest absolute Gasteiger partial charge is 0.338 e. The Balaban J connectivity index is 1.49. The van der Waals surface area contributed by atoms with Gasteiger partial charge in [0.25, 0.3) is 5.91 Å². The van der Waals surface area contributed by atoms with Gasteiger partial charge in [0.2, 0.25) is 0 Å². The van der Waals surface area contributed by atoms with Gasteiger partial charge in [-0.1, -0.05) is 17.2 Å². The van der Waals surface area contributed by atoms with Crippen LogP contribution in [-0.4, -0.2) is 37.7 Å². The van der Waals surface area contributed by atoms with Gasteiger partial charge in [-0.25, -0.2) is 9.59 Å². The molecule has 0 fully saturated rings. The Kier molecular flexibility index (Phi) is 5.78.